The number of carbonyl (C=O) groups excluding carboxylic acids is 2. The van der Waals surface area contributed by atoms with Crippen LogP contribution in [-0.2, 0) is 26.2 Å². The van der Waals surface area contributed by atoms with E-state index in [-0.39, 0.29) is 18.5 Å². The fourth-order valence-corrected chi connectivity index (χ4v) is 4.01. The van der Waals surface area contributed by atoms with Gasteiger partial charge in [-0.15, -0.1) is 0 Å². The molecule has 8 nitrogen and oxygen atoms in total. The summed E-state index contributed by atoms with van der Waals surface area (Å²) in [6, 6.07) is 14.7. The number of anilines is 1. The Morgan fingerprint density at radius 2 is 1.69 bits per heavy atom. The van der Waals surface area contributed by atoms with Gasteiger partial charge in [-0.25, -0.2) is 8.42 Å². The van der Waals surface area contributed by atoms with Crippen molar-refractivity contribution in [2.75, 3.05) is 24.2 Å². The number of amides is 2. The zero-order valence-electron chi connectivity index (χ0n) is 19.1. The average Bonchev–Trinajstić information content (AvgIpc) is 2.74. The number of carbonyl (C=O) groups is 2. The van der Waals surface area contributed by atoms with Crippen LogP contribution in [0, 0.1) is 0 Å². The van der Waals surface area contributed by atoms with Crippen molar-refractivity contribution < 1.29 is 22.7 Å². The molecule has 9 heteroatoms. The Morgan fingerprint density at radius 1 is 1.03 bits per heavy atom. The van der Waals surface area contributed by atoms with Gasteiger partial charge < -0.3 is 15.0 Å². The van der Waals surface area contributed by atoms with Gasteiger partial charge in [0, 0.05) is 12.6 Å². The summed E-state index contributed by atoms with van der Waals surface area (Å²) in [5.74, 6) is -0.188. The lowest BCUT2D eigenvalue weighted by atomic mass is 10.1. The van der Waals surface area contributed by atoms with E-state index >= 15 is 0 Å². The Balaban J connectivity index is 2.37. The van der Waals surface area contributed by atoms with E-state index in [1.54, 1.807) is 62.6 Å². The van der Waals surface area contributed by atoms with E-state index in [4.69, 9.17) is 4.74 Å². The van der Waals surface area contributed by atoms with Crippen LogP contribution in [-0.4, -0.2) is 57.1 Å². The number of para-hydroxylation sites is 1. The SMILES string of the molecule is COc1cccc(CN(C(=O)CN(c2ccccc2)S(C)(=O)=O)[C@@H](C)C(=O)NC(C)C)c1. The normalized spacial score (nSPS) is 12.2. The second-order valence-corrected chi connectivity index (χ2v) is 9.72. The minimum absolute atomic E-state index is 0.101. The number of sulfonamides is 1. The van der Waals surface area contributed by atoms with Crippen LogP contribution in [0.4, 0.5) is 5.69 Å². The third-order valence-corrected chi connectivity index (χ3v) is 5.95. The Morgan fingerprint density at radius 3 is 2.25 bits per heavy atom. The minimum atomic E-state index is -3.73. The Hall–Kier alpha value is -3.07. The molecule has 0 radical (unpaired) electrons. The van der Waals surface area contributed by atoms with Crippen LogP contribution in [0.25, 0.3) is 0 Å². The summed E-state index contributed by atoms with van der Waals surface area (Å²) in [5.41, 5.74) is 1.14. The van der Waals surface area contributed by atoms with Crippen molar-refractivity contribution in [3.05, 3.63) is 60.2 Å². The van der Waals surface area contributed by atoms with Gasteiger partial charge in [-0.2, -0.15) is 0 Å². The van der Waals surface area contributed by atoms with E-state index in [2.05, 4.69) is 5.32 Å². The quantitative estimate of drug-likeness (QED) is 0.586. The van der Waals surface area contributed by atoms with Crippen LogP contribution in [0.1, 0.15) is 26.3 Å². The van der Waals surface area contributed by atoms with Crippen LogP contribution in [0.15, 0.2) is 54.6 Å². The first-order valence-corrected chi connectivity index (χ1v) is 12.1. The maximum absolute atomic E-state index is 13.4. The van der Waals surface area contributed by atoms with E-state index in [0.717, 1.165) is 16.1 Å². The summed E-state index contributed by atoms with van der Waals surface area (Å²) >= 11 is 0. The summed E-state index contributed by atoms with van der Waals surface area (Å²) in [6.45, 7) is 4.99. The average molecular weight is 462 g/mol. The largest absolute Gasteiger partial charge is 0.497 e. The number of nitrogens with zero attached hydrogens (tertiary/aromatic N) is 2. The van der Waals surface area contributed by atoms with Crippen molar-refractivity contribution in [3.63, 3.8) is 0 Å². The molecule has 0 spiro atoms. The third-order valence-electron chi connectivity index (χ3n) is 4.81. The summed E-state index contributed by atoms with van der Waals surface area (Å²) in [6.07, 6.45) is 1.05. The van der Waals surface area contributed by atoms with Gasteiger partial charge in [0.2, 0.25) is 21.8 Å². The Labute approximate surface area is 190 Å². The van der Waals surface area contributed by atoms with Crippen molar-refractivity contribution in [3.8, 4) is 5.75 Å². The summed E-state index contributed by atoms with van der Waals surface area (Å²) in [4.78, 5) is 27.5. The van der Waals surface area contributed by atoms with Gasteiger partial charge >= 0.3 is 0 Å². The molecule has 0 heterocycles. The highest BCUT2D eigenvalue weighted by atomic mass is 32.2. The smallest absolute Gasteiger partial charge is 0.244 e. The topological polar surface area (TPSA) is 96.0 Å². The van der Waals surface area contributed by atoms with Crippen molar-refractivity contribution >= 4 is 27.5 Å². The minimum Gasteiger partial charge on any atom is -0.497 e. The van der Waals surface area contributed by atoms with E-state index in [1.807, 2.05) is 19.9 Å². The number of methoxy groups -OCH3 is 1. The fourth-order valence-electron chi connectivity index (χ4n) is 3.16. The fraction of sp³-hybridized carbons (Fsp3) is 0.391. The monoisotopic (exact) mass is 461 g/mol. The van der Waals surface area contributed by atoms with Gasteiger partial charge in [-0.1, -0.05) is 30.3 Å². The molecule has 32 heavy (non-hydrogen) atoms. The molecule has 2 rings (SSSR count). The molecule has 0 saturated carbocycles. The molecule has 0 aromatic heterocycles. The molecule has 0 bridgehead atoms. The first-order valence-electron chi connectivity index (χ1n) is 10.3. The van der Waals surface area contributed by atoms with Gasteiger partial charge in [0.15, 0.2) is 0 Å². The van der Waals surface area contributed by atoms with Gasteiger partial charge in [0.1, 0.15) is 18.3 Å². The number of hydrogen-bond acceptors (Lipinski definition) is 5. The molecule has 2 amide bonds. The molecular weight excluding hydrogens is 430 g/mol. The van der Waals surface area contributed by atoms with Crippen molar-refractivity contribution in [1.82, 2.24) is 10.2 Å². The summed E-state index contributed by atoms with van der Waals surface area (Å²) < 4.78 is 31.2. The van der Waals surface area contributed by atoms with Gasteiger partial charge in [-0.3, -0.25) is 13.9 Å². The van der Waals surface area contributed by atoms with Crippen LogP contribution >= 0.6 is 0 Å². The number of benzene rings is 2. The van der Waals surface area contributed by atoms with Crippen molar-refractivity contribution in [2.45, 2.75) is 39.4 Å². The molecule has 0 unspecified atom stereocenters. The summed E-state index contributed by atoms with van der Waals surface area (Å²) in [5, 5.41) is 2.81. The molecule has 2 aromatic carbocycles. The van der Waals surface area contributed by atoms with Crippen LogP contribution < -0.4 is 14.4 Å². The van der Waals surface area contributed by atoms with Crippen LogP contribution in [0.3, 0.4) is 0 Å². The summed E-state index contributed by atoms with van der Waals surface area (Å²) in [7, 11) is -2.18. The molecule has 0 fully saturated rings. The molecule has 0 aliphatic heterocycles. The molecule has 0 aliphatic rings. The highest BCUT2D eigenvalue weighted by Crippen LogP contribution is 2.20. The third kappa shape index (κ3) is 6.98. The highest BCUT2D eigenvalue weighted by Gasteiger charge is 2.30. The standard InChI is InChI=1S/C23H31N3O5S/c1-17(2)24-23(28)18(3)25(15-19-10-9-13-21(14-19)31-4)22(27)16-26(32(5,29)30)20-11-7-6-8-12-20/h6-14,17-18H,15-16H2,1-5H3,(H,24,28)/t18-/m0/s1. The van der Waals surface area contributed by atoms with E-state index in [9.17, 15) is 18.0 Å². The van der Waals surface area contributed by atoms with Gasteiger partial charge in [0.05, 0.1) is 19.1 Å². The molecule has 0 saturated heterocycles. The van der Waals surface area contributed by atoms with Gasteiger partial charge in [-0.05, 0) is 50.6 Å². The van der Waals surface area contributed by atoms with Crippen molar-refractivity contribution in [1.29, 1.82) is 0 Å². The maximum Gasteiger partial charge on any atom is 0.244 e. The Kier molecular flexibility index (Phi) is 8.65. The Bertz CT molecular complexity index is 1020. The molecule has 1 N–H and O–H groups in total. The predicted molar refractivity (Wildman–Crippen MR) is 125 cm³/mol. The lowest BCUT2D eigenvalue weighted by molar-refractivity contribution is -0.139. The lowest BCUT2D eigenvalue weighted by Gasteiger charge is -2.32. The highest BCUT2D eigenvalue weighted by molar-refractivity contribution is 7.92. The molecular formula is C23H31N3O5S. The molecule has 0 aliphatic carbocycles. The zero-order valence-corrected chi connectivity index (χ0v) is 19.9. The predicted octanol–water partition coefficient (Wildman–Crippen LogP) is 2.40. The van der Waals surface area contributed by atoms with Crippen molar-refractivity contribution in [2.24, 2.45) is 0 Å². The molecule has 1 atom stereocenters. The number of rotatable bonds is 10. The van der Waals surface area contributed by atoms with E-state index < -0.39 is 28.5 Å². The zero-order chi connectivity index (χ0) is 23.9. The number of hydrogen-bond donors (Lipinski definition) is 1. The van der Waals surface area contributed by atoms with E-state index in [0.29, 0.717) is 11.4 Å². The van der Waals surface area contributed by atoms with Gasteiger partial charge in [0.25, 0.3) is 0 Å². The van der Waals surface area contributed by atoms with Crippen LogP contribution in [0.5, 0.6) is 5.75 Å². The van der Waals surface area contributed by atoms with Crippen LogP contribution in [0.2, 0.25) is 0 Å². The lowest BCUT2D eigenvalue weighted by Crippen LogP contribution is -2.52. The second kappa shape index (κ2) is 11.0. The number of ether oxygens (including phenoxy) is 1. The number of nitrogens with one attached hydrogen (secondary N) is 1. The van der Waals surface area contributed by atoms with E-state index in [1.165, 1.54) is 4.90 Å². The second-order valence-electron chi connectivity index (χ2n) is 7.82. The first-order chi connectivity index (χ1) is 15.0. The molecule has 2 aromatic rings. The first kappa shape index (κ1) is 25.2. The maximum atomic E-state index is 13.4. The molecule has 174 valence electrons.